The molecule has 0 atom stereocenters. The Kier molecular flexibility index (Phi) is 5.21. The number of carbonyl (C=O) groups excluding carboxylic acids is 1. The van der Waals surface area contributed by atoms with E-state index in [1.807, 2.05) is 42.5 Å². The average molecular weight is 229 g/mol. The minimum atomic E-state index is 0. The van der Waals surface area contributed by atoms with E-state index >= 15 is 0 Å². The highest BCUT2D eigenvalue weighted by atomic mass is 35.5. The fourth-order valence-electron chi connectivity index (χ4n) is 1.28. The predicted octanol–water partition coefficient (Wildman–Crippen LogP) is 3.50. The van der Waals surface area contributed by atoms with Crippen molar-refractivity contribution in [2.45, 2.75) is 0 Å². The van der Waals surface area contributed by atoms with E-state index in [9.17, 15) is 4.79 Å². The van der Waals surface area contributed by atoms with Crippen LogP contribution in [0.1, 0.15) is 10.4 Å². The van der Waals surface area contributed by atoms with Gasteiger partial charge in [0.05, 0.1) is 0 Å². The van der Waals surface area contributed by atoms with Gasteiger partial charge in [0.2, 0.25) is 0 Å². The van der Waals surface area contributed by atoms with E-state index in [1.165, 1.54) is 5.39 Å². The summed E-state index contributed by atoms with van der Waals surface area (Å²) in [5, 5.41) is 2.28. The van der Waals surface area contributed by atoms with Crippen LogP contribution in [0.15, 0.2) is 42.5 Å². The van der Waals surface area contributed by atoms with Crippen LogP contribution in [-0.2, 0) is 0 Å². The number of hydrogen-bond donors (Lipinski definition) is 0. The molecule has 0 aliphatic carbocycles. The molecule has 0 amide bonds. The molecule has 2 rings (SSSR count). The van der Waals surface area contributed by atoms with Gasteiger partial charge < -0.3 is 0 Å². The first kappa shape index (κ1) is 12.9. The van der Waals surface area contributed by atoms with E-state index in [-0.39, 0.29) is 24.8 Å². The molecule has 0 fully saturated rings. The van der Waals surface area contributed by atoms with Gasteiger partial charge in [0.15, 0.2) is 0 Å². The third kappa shape index (κ3) is 2.47. The average Bonchev–Trinajstić information content (AvgIpc) is 2.17. The summed E-state index contributed by atoms with van der Waals surface area (Å²) in [5.74, 6) is 0. The van der Waals surface area contributed by atoms with Gasteiger partial charge in [0, 0.05) is 5.56 Å². The molecule has 0 aromatic heterocycles. The fourth-order valence-corrected chi connectivity index (χ4v) is 1.28. The fraction of sp³-hybridized carbons (Fsp3) is 0. The van der Waals surface area contributed by atoms with E-state index in [0.717, 1.165) is 17.2 Å². The Morgan fingerprint density at radius 1 is 0.857 bits per heavy atom. The van der Waals surface area contributed by atoms with Crippen molar-refractivity contribution in [1.29, 1.82) is 0 Å². The van der Waals surface area contributed by atoms with Crippen LogP contribution in [0.2, 0.25) is 0 Å². The van der Waals surface area contributed by atoms with E-state index < -0.39 is 0 Å². The van der Waals surface area contributed by atoms with Crippen molar-refractivity contribution < 1.29 is 4.79 Å². The van der Waals surface area contributed by atoms with Crippen LogP contribution in [0.3, 0.4) is 0 Å². The predicted molar refractivity (Wildman–Crippen MR) is 63.8 cm³/mol. The van der Waals surface area contributed by atoms with Crippen LogP contribution in [-0.4, -0.2) is 6.29 Å². The third-order valence-corrected chi connectivity index (χ3v) is 1.91. The van der Waals surface area contributed by atoms with Crippen molar-refractivity contribution in [3.05, 3.63) is 48.0 Å². The molecule has 2 aromatic carbocycles. The number of aldehydes is 1. The maximum absolute atomic E-state index is 10.5. The number of benzene rings is 2. The normalized spacial score (nSPS) is 8.57. The number of fused-ring (bicyclic) bond motifs is 1. The molecular weight excluding hydrogens is 219 g/mol. The highest BCUT2D eigenvalue weighted by Crippen LogP contribution is 2.14. The standard InChI is InChI=1S/C11H8O.2ClH/c12-8-9-5-6-10-3-1-2-4-11(10)7-9;;/h1-8H;2*1H. The van der Waals surface area contributed by atoms with Crippen molar-refractivity contribution >= 4 is 41.9 Å². The van der Waals surface area contributed by atoms with E-state index in [2.05, 4.69) is 0 Å². The number of halogens is 2. The number of carbonyl (C=O) groups is 1. The zero-order valence-corrected chi connectivity index (χ0v) is 8.98. The molecule has 0 saturated heterocycles. The van der Waals surface area contributed by atoms with Crippen LogP contribution in [0.4, 0.5) is 0 Å². The summed E-state index contributed by atoms with van der Waals surface area (Å²) in [6.45, 7) is 0. The van der Waals surface area contributed by atoms with E-state index in [1.54, 1.807) is 0 Å². The molecule has 74 valence electrons. The second kappa shape index (κ2) is 5.63. The minimum absolute atomic E-state index is 0. The summed E-state index contributed by atoms with van der Waals surface area (Å²) in [5.41, 5.74) is 0.730. The lowest BCUT2D eigenvalue weighted by molar-refractivity contribution is 0.112. The van der Waals surface area contributed by atoms with Crippen molar-refractivity contribution in [3.63, 3.8) is 0 Å². The quantitative estimate of drug-likeness (QED) is 0.684. The van der Waals surface area contributed by atoms with Crippen LogP contribution in [0.25, 0.3) is 10.8 Å². The van der Waals surface area contributed by atoms with Gasteiger partial charge in [-0.1, -0.05) is 36.4 Å². The molecule has 0 aliphatic rings. The molecule has 14 heavy (non-hydrogen) atoms. The summed E-state index contributed by atoms with van der Waals surface area (Å²) in [4.78, 5) is 10.5. The smallest absolute Gasteiger partial charge is 0.150 e. The van der Waals surface area contributed by atoms with Crippen molar-refractivity contribution in [1.82, 2.24) is 0 Å². The van der Waals surface area contributed by atoms with Gasteiger partial charge in [-0.15, -0.1) is 24.8 Å². The van der Waals surface area contributed by atoms with Crippen molar-refractivity contribution in [3.8, 4) is 0 Å². The van der Waals surface area contributed by atoms with Gasteiger partial charge in [0.25, 0.3) is 0 Å². The third-order valence-electron chi connectivity index (χ3n) is 1.91. The molecule has 0 spiro atoms. The summed E-state index contributed by atoms with van der Waals surface area (Å²) in [6, 6.07) is 13.7. The first-order valence-corrected chi connectivity index (χ1v) is 3.84. The highest BCUT2D eigenvalue weighted by Gasteiger charge is 1.92. The first-order chi connectivity index (χ1) is 5.90. The molecule has 0 N–H and O–H groups in total. The zero-order chi connectivity index (χ0) is 8.39. The second-order valence-electron chi connectivity index (χ2n) is 2.72. The summed E-state index contributed by atoms with van der Waals surface area (Å²) < 4.78 is 0. The Hall–Kier alpha value is -1.05. The summed E-state index contributed by atoms with van der Waals surface area (Å²) in [6.07, 6.45) is 0.867. The molecule has 3 heteroatoms. The zero-order valence-electron chi connectivity index (χ0n) is 7.34. The number of hydrogen-bond acceptors (Lipinski definition) is 1. The van der Waals surface area contributed by atoms with Gasteiger partial charge >= 0.3 is 0 Å². The Labute approximate surface area is 94.9 Å². The van der Waals surface area contributed by atoms with E-state index in [0.29, 0.717) is 0 Å². The summed E-state index contributed by atoms with van der Waals surface area (Å²) in [7, 11) is 0. The van der Waals surface area contributed by atoms with Crippen LogP contribution < -0.4 is 0 Å². The van der Waals surface area contributed by atoms with Gasteiger partial charge in [-0.3, -0.25) is 4.79 Å². The lowest BCUT2D eigenvalue weighted by Gasteiger charge is -1.96. The van der Waals surface area contributed by atoms with Crippen LogP contribution in [0, 0.1) is 0 Å². The Morgan fingerprint density at radius 3 is 2.14 bits per heavy atom. The monoisotopic (exact) mass is 228 g/mol. The molecule has 1 nitrogen and oxygen atoms in total. The Morgan fingerprint density at radius 2 is 1.50 bits per heavy atom. The molecule has 0 saturated carbocycles. The van der Waals surface area contributed by atoms with Gasteiger partial charge in [-0.2, -0.15) is 0 Å². The largest absolute Gasteiger partial charge is 0.298 e. The highest BCUT2D eigenvalue weighted by molar-refractivity contribution is 5.88. The molecular formula is C11H10Cl2O. The molecule has 0 aliphatic heterocycles. The van der Waals surface area contributed by atoms with Gasteiger partial charge in [0.1, 0.15) is 6.29 Å². The molecule has 0 radical (unpaired) electrons. The molecule has 0 heterocycles. The SMILES string of the molecule is Cl.Cl.O=Cc1ccc2ccccc2c1. The summed E-state index contributed by atoms with van der Waals surface area (Å²) >= 11 is 0. The lowest BCUT2D eigenvalue weighted by atomic mass is 10.1. The maximum atomic E-state index is 10.5. The second-order valence-corrected chi connectivity index (χ2v) is 2.72. The Bertz CT molecular complexity index is 426. The van der Waals surface area contributed by atoms with Crippen LogP contribution in [0.5, 0.6) is 0 Å². The van der Waals surface area contributed by atoms with Crippen molar-refractivity contribution in [2.75, 3.05) is 0 Å². The molecule has 0 unspecified atom stereocenters. The lowest BCUT2D eigenvalue weighted by Crippen LogP contribution is -1.78. The van der Waals surface area contributed by atoms with Crippen LogP contribution >= 0.6 is 24.8 Å². The Balaban J connectivity index is 0.000000845. The first-order valence-electron chi connectivity index (χ1n) is 3.84. The van der Waals surface area contributed by atoms with Gasteiger partial charge in [-0.25, -0.2) is 0 Å². The van der Waals surface area contributed by atoms with Crippen molar-refractivity contribution in [2.24, 2.45) is 0 Å². The topological polar surface area (TPSA) is 17.1 Å². The minimum Gasteiger partial charge on any atom is -0.298 e. The maximum Gasteiger partial charge on any atom is 0.150 e. The molecule has 2 aromatic rings. The number of rotatable bonds is 1. The van der Waals surface area contributed by atoms with Gasteiger partial charge in [-0.05, 0) is 16.8 Å². The van der Waals surface area contributed by atoms with E-state index in [4.69, 9.17) is 0 Å². The molecule has 0 bridgehead atoms.